The van der Waals surface area contributed by atoms with Gasteiger partial charge in [-0.15, -0.1) is 0 Å². The van der Waals surface area contributed by atoms with Crippen molar-refractivity contribution in [3.8, 4) is 0 Å². The molecule has 0 radical (unpaired) electrons. The fraction of sp³-hybridized carbons (Fsp3) is 0.833. The lowest BCUT2D eigenvalue weighted by Gasteiger charge is -2.06. The maximum atomic E-state index is 10.3. The van der Waals surface area contributed by atoms with E-state index >= 15 is 0 Å². The van der Waals surface area contributed by atoms with Crippen molar-refractivity contribution >= 4 is 5.97 Å². The molecule has 0 aromatic carbocycles. The highest BCUT2D eigenvalue weighted by Gasteiger charge is 2.29. The summed E-state index contributed by atoms with van der Waals surface area (Å²) in [6.07, 6.45) is 0.708. The van der Waals surface area contributed by atoms with Gasteiger partial charge in [-0.05, 0) is 12.8 Å². The Morgan fingerprint density at radius 2 is 2.40 bits per heavy atom. The van der Waals surface area contributed by atoms with E-state index in [2.05, 4.69) is 0 Å². The number of rotatable bonds is 2. The first-order valence-corrected chi connectivity index (χ1v) is 3.32. The van der Waals surface area contributed by atoms with Gasteiger partial charge in [0, 0.05) is 6.54 Å². The van der Waals surface area contributed by atoms with Crippen LogP contribution in [-0.4, -0.2) is 29.8 Å². The standard InChI is InChI=1S/C6H11NO3/c7-3-4-1-2-5(10-4)6(8)9/h4-5H,1-3,7H2,(H,8,9). The van der Waals surface area contributed by atoms with Gasteiger partial charge >= 0.3 is 5.97 Å². The van der Waals surface area contributed by atoms with Crippen LogP contribution in [0.5, 0.6) is 0 Å². The second-order valence-corrected chi connectivity index (χ2v) is 2.40. The molecule has 0 aromatic heterocycles. The highest BCUT2D eigenvalue weighted by molar-refractivity contribution is 5.72. The van der Waals surface area contributed by atoms with Gasteiger partial charge in [0.1, 0.15) is 0 Å². The summed E-state index contributed by atoms with van der Waals surface area (Å²) >= 11 is 0. The number of carboxylic acids is 1. The van der Waals surface area contributed by atoms with E-state index in [0.717, 1.165) is 6.42 Å². The minimum atomic E-state index is -0.879. The van der Waals surface area contributed by atoms with Crippen LogP contribution in [0.1, 0.15) is 12.8 Å². The molecule has 0 bridgehead atoms. The zero-order valence-corrected chi connectivity index (χ0v) is 5.62. The third-order valence-electron chi connectivity index (χ3n) is 1.65. The molecule has 58 valence electrons. The molecule has 1 saturated heterocycles. The molecule has 1 aliphatic rings. The van der Waals surface area contributed by atoms with Crippen LogP contribution in [-0.2, 0) is 9.53 Å². The Bertz CT molecular complexity index is 137. The second-order valence-electron chi connectivity index (χ2n) is 2.40. The van der Waals surface area contributed by atoms with Crippen LogP contribution >= 0.6 is 0 Å². The third-order valence-corrected chi connectivity index (χ3v) is 1.65. The van der Waals surface area contributed by atoms with E-state index in [0.29, 0.717) is 13.0 Å². The maximum absolute atomic E-state index is 10.3. The molecule has 4 heteroatoms. The van der Waals surface area contributed by atoms with Crippen LogP contribution in [0.4, 0.5) is 0 Å². The molecular weight excluding hydrogens is 134 g/mol. The molecule has 2 unspecified atom stereocenters. The molecule has 0 spiro atoms. The van der Waals surface area contributed by atoms with E-state index in [-0.39, 0.29) is 6.10 Å². The van der Waals surface area contributed by atoms with Crippen LogP contribution in [0, 0.1) is 0 Å². The molecule has 2 atom stereocenters. The lowest BCUT2D eigenvalue weighted by Crippen LogP contribution is -2.24. The average molecular weight is 145 g/mol. The smallest absolute Gasteiger partial charge is 0.332 e. The summed E-state index contributed by atoms with van der Waals surface area (Å²) in [5.41, 5.74) is 5.28. The third kappa shape index (κ3) is 1.46. The Kier molecular flexibility index (Phi) is 2.24. The summed E-state index contributed by atoms with van der Waals surface area (Å²) in [6.45, 7) is 0.420. The molecule has 1 heterocycles. The van der Waals surface area contributed by atoms with Gasteiger partial charge in [0.15, 0.2) is 6.10 Å². The highest BCUT2D eigenvalue weighted by Crippen LogP contribution is 2.18. The van der Waals surface area contributed by atoms with E-state index < -0.39 is 12.1 Å². The van der Waals surface area contributed by atoms with Crippen molar-refractivity contribution in [3.05, 3.63) is 0 Å². The number of carboxylic acid groups (broad SMARTS) is 1. The molecule has 1 aliphatic heterocycles. The summed E-state index contributed by atoms with van der Waals surface area (Å²) in [7, 11) is 0. The average Bonchev–Trinajstić information content (AvgIpc) is 2.34. The van der Waals surface area contributed by atoms with Crippen LogP contribution in [0.25, 0.3) is 0 Å². The van der Waals surface area contributed by atoms with E-state index in [9.17, 15) is 4.79 Å². The van der Waals surface area contributed by atoms with Gasteiger partial charge in [-0.3, -0.25) is 0 Å². The van der Waals surface area contributed by atoms with Gasteiger partial charge in [-0.2, -0.15) is 0 Å². The van der Waals surface area contributed by atoms with Crippen molar-refractivity contribution in [3.63, 3.8) is 0 Å². The Morgan fingerprint density at radius 3 is 2.70 bits per heavy atom. The van der Waals surface area contributed by atoms with Crippen LogP contribution in [0.2, 0.25) is 0 Å². The second kappa shape index (κ2) is 2.98. The number of aliphatic carboxylic acids is 1. The normalized spacial score (nSPS) is 32.5. The lowest BCUT2D eigenvalue weighted by atomic mass is 10.2. The Morgan fingerprint density at radius 1 is 1.70 bits per heavy atom. The summed E-state index contributed by atoms with van der Waals surface area (Å²) in [4.78, 5) is 10.3. The predicted molar refractivity (Wildman–Crippen MR) is 34.6 cm³/mol. The first-order chi connectivity index (χ1) is 4.74. The largest absolute Gasteiger partial charge is 0.479 e. The summed E-state index contributed by atoms with van der Waals surface area (Å²) in [6, 6.07) is 0. The predicted octanol–water partition coefficient (Wildman–Crippen LogP) is -0.423. The molecular formula is C6H11NO3. The van der Waals surface area contributed by atoms with Gasteiger partial charge in [0.25, 0.3) is 0 Å². The zero-order chi connectivity index (χ0) is 7.56. The fourth-order valence-electron chi connectivity index (χ4n) is 1.06. The van der Waals surface area contributed by atoms with E-state index in [1.807, 2.05) is 0 Å². The van der Waals surface area contributed by atoms with Crippen molar-refractivity contribution in [1.29, 1.82) is 0 Å². The summed E-state index contributed by atoms with van der Waals surface area (Å²) < 4.78 is 5.05. The molecule has 3 N–H and O–H groups in total. The van der Waals surface area contributed by atoms with Crippen LogP contribution < -0.4 is 5.73 Å². The molecule has 1 fully saturated rings. The van der Waals surface area contributed by atoms with Crippen LogP contribution in [0.15, 0.2) is 0 Å². The Labute approximate surface area is 59.0 Å². The first-order valence-electron chi connectivity index (χ1n) is 3.32. The number of ether oxygens (including phenoxy) is 1. The molecule has 0 aliphatic carbocycles. The molecule has 0 saturated carbocycles. The Balaban J connectivity index is 2.35. The molecule has 0 amide bonds. The minimum Gasteiger partial charge on any atom is -0.479 e. The zero-order valence-electron chi connectivity index (χ0n) is 5.62. The van der Waals surface area contributed by atoms with Gasteiger partial charge in [0.2, 0.25) is 0 Å². The number of hydrogen-bond donors (Lipinski definition) is 2. The molecule has 0 aromatic rings. The van der Waals surface area contributed by atoms with Crippen molar-refractivity contribution in [2.24, 2.45) is 5.73 Å². The topological polar surface area (TPSA) is 72.6 Å². The highest BCUT2D eigenvalue weighted by atomic mass is 16.5. The monoisotopic (exact) mass is 145 g/mol. The maximum Gasteiger partial charge on any atom is 0.332 e. The molecule has 1 rings (SSSR count). The van der Waals surface area contributed by atoms with Gasteiger partial charge in [-0.25, -0.2) is 4.79 Å². The SMILES string of the molecule is NCC1CCC(C(=O)O)O1. The minimum absolute atomic E-state index is 0.0406. The van der Waals surface area contributed by atoms with Gasteiger partial charge in [-0.1, -0.05) is 0 Å². The van der Waals surface area contributed by atoms with Gasteiger partial charge < -0.3 is 15.6 Å². The van der Waals surface area contributed by atoms with Crippen LogP contribution in [0.3, 0.4) is 0 Å². The quantitative estimate of drug-likeness (QED) is 0.553. The van der Waals surface area contributed by atoms with Crippen molar-refractivity contribution < 1.29 is 14.6 Å². The summed E-state index contributed by atoms with van der Waals surface area (Å²) in [5.74, 6) is -0.879. The first kappa shape index (κ1) is 7.50. The fourth-order valence-corrected chi connectivity index (χ4v) is 1.06. The molecule has 4 nitrogen and oxygen atoms in total. The van der Waals surface area contributed by atoms with E-state index in [1.54, 1.807) is 0 Å². The molecule has 10 heavy (non-hydrogen) atoms. The Hall–Kier alpha value is -0.610. The van der Waals surface area contributed by atoms with E-state index in [4.69, 9.17) is 15.6 Å². The number of carbonyl (C=O) groups is 1. The van der Waals surface area contributed by atoms with Crippen molar-refractivity contribution in [2.45, 2.75) is 25.0 Å². The van der Waals surface area contributed by atoms with Crippen molar-refractivity contribution in [1.82, 2.24) is 0 Å². The number of hydrogen-bond acceptors (Lipinski definition) is 3. The number of nitrogens with two attached hydrogens (primary N) is 1. The van der Waals surface area contributed by atoms with Crippen molar-refractivity contribution in [2.75, 3.05) is 6.54 Å². The lowest BCUT2D eigenvalue weighted by molar-refractivity contribution is -0.149. The summed E-state index contributed by atoms with van der Waals surface area (Å²) in [5, 5.41) is 8.46. The van der Waals surface area contributed by atoms with E-state index in [1.165, 1.54) is 0 Å². The van der Waals surface area contributed by atoms with Gasteiger partial charge in [0.05, 0.1) is 6.10 Å².